The number of likely N-dealkylation sites (tertiary alicyclic amines) is 3. The number of hydrogen-bond donors (Lipinski definition) is 2. The normalized spacial score (nSPS) is 21.2. The van der Waals surface area contributed by atoms with E-state index in [0.29, 0.717) is 82.1 Å². The first-order chi connectivity index (χ1) is 25.2. The van der Waals surface area contributed by atoms with Gasteiger partial charge in [0.1, 0.15) is 13.2 Å². The third-order valence-corrected chi connectivity index (χ3v) is 11.6. The standard InChI is InChI=1S/C39H51N5O8/c1-26-22-27(23-33-36(26)51-21-20-50-33)24-34(37(47)42-15-8-29(9-16-42)28-6-13-41(14-7-28)25-35(45)46)52-39(49)43-17-11-31(12-18-43)44-19-10-30-4-2-3-5-32(30)40-38(44)48/h2-5,22-23,28-29,31,34H,6-21,24-25H2,1H3,(H,40,48)(H,45,46)/t34-/m1/s1. The number of carboxylic acid groups (broad SMARTS) is 1. The molecule has 5 heterocycles. The fourth-order valence-corrected chi connectivity index (χ4v) is 8.78. The highest BCUT2D eigenvalue weighted by molar-refractivity contribution is 5.91. The summed E-state index contributed by atoms with van der Waals surface area (Å²) in [7, 11) is 0. The van der Waals surface area contributed by atoms with Crippen LogP contribution in [0.25, 0.3) is 0 Å². The largest absolute Gasteiger partial charge is 0.486 e. The number of urea groups is 1. The Labute approximate surface area is 305 Å². The van der Waals surface area contributed by atoms with Gasteiger partial charge in [0.05, 0.1) is 6.54 Å². The van der Waals surface area contributed by atoms with E-state index in [0.717, 1.165) is 67.6 Å². The number of ether oxygens (including phenoxy) is 3. The van der Waals surface area contributed by atoms with E-state index in [9.17, 15) is 19.2 Å². The van der Waals surface area contributed by atoms with E-state index in [2.05, 4.69) is 5.32 Å². The number of hydrogen-bond acceptors (Lipinski definition) is 8. The number of aliphatic carboxylic acids is 1. The second-order valence-corrected chi connectivity index (χ2v) is 14.9. The zero-order chi connectivity index (χ0) is 36.2. The van der Waals surface area contributed by atoms with Crippen LogP contribution in [0.2, 0.25) is 0 Å². The van der Waals surface area contributed by atoms with Crippen molar-refractivity contribution in [2.75, 3.05) is 70.9 Å². The molecule has 280 valence electrons. The molecule has 3 saturated heterocycles. The second kappa shape index (κ2) is 16.0. The van der Waals surface area contributed by atoms with Crippen LogP contribution < -0.4 is 14.8 Å². The van der Waals surface area contributed by atoms with Gasteiger partial charge >= 0.3 is 18.1 Å². The summed E-state index contributed by atoms with van der Waals surface area (Å²) in [4.78, 5) is 59.6. The van der Waals surface area contributed by atoms with Crippen LogP contribution in [-0.4, -0.2) is 126 Å². The lowest BCUT2D eigenvalue weighted by Crippen LogP contribution is -2.52. The Kier molecular flexibility index (Phi) is 11.0. The smallest absolute Gasteiger partial charge is 0.410 e. The van der Waals surface area contributed by atoms with Gasteiger partial charge in [-0.25, -0.2) is 9.59 Å². The zero-order valence-corrected chi connectivity index (χ0v) is 30.1. The van der Waals surface area contributed by atoms with Crippen molar-refractivity contribution in [3.05, 3.63) is 53.1 Å². The summed E-state index contributed by atoms with van der Waals surface area (Å²) in [6, 6.07) is 11.6. The van der Waals surface area contributed by atoms with Gasteiger partial charge in [0.25, 0.3) is 5.91 Å². The maximum Gasteiger partial charge on any atom is 0.410 e. The zero-order valence-electron chi connectivity index (χ0n) is 30.1. The molecule has 13 heteroatoms. The lowest BCUT2D eigenvalue weighted by atomic mass is 9.78. The van der Waals surface area contributed by atoms with Crippen LogP contribution in [0.3, 0.4) is 0 Å². The number of piperidine rings is 3. The van der Waals surface area contributed by atoms with E-state index < -0.39 is 18.2 Å². The number of anilines is 1. The molecule has 1 atom stereocenters. The Morgan fingerprint density at radius 2 is 1.56 bits per heavy atom. The average molecular weight is 718 g/mol. The number of carbonyl (C=O) groups excluding carboxylic acids is 3. The number of aryl methyl sites for hydroxylation is 1. The van der Waals surface area contributed by atoms with E-state index in [1.807, 2.05) is 58.0 Å². The van der Waals surface area contributed by atoms with Crippen molar-refractivity contribution < 1.29 is 38.5 Å². The van der Waals surface area contributed by atoms with Gasteiger partial charge in [-0.1, -0.05) is 24.3 Å². The molecule has 0 saturated carbocycles. The molecule has 52 heavy (non-hydrogen) atoms. The Morgan fingerprint density at radius 3 is 2.29 bits per heavy atom. The van der Waals surface area contributed by atoms with Gasteiger partial charge in [-0.3, -0.25) is 14.5 Å². The summed E-state index contributed by atoms with van der Waals surface area (Å²) in [5, 5.41) is 12.2. The predicted octanol–water partition coefficient (Wildman–Crippen LogP) is 4.40. The van der Waals surface area contributed by atoms with Crippen LogP contribution in [-0.2, 0) is 27.2 Å². The van der Waals surface area contributed by atoms with Crippen molar-refractivity contribution in [2.24, 2.45) is 11.8 Å². The van der Waals surface area contributed by atoms with Crippen LogP contribution in [0.4, 0.5) is 15.3 Å². The third-order valence-electron chi connectivity index (χ3n) is 11.6. The molecule has 0 spiro atoms. The Morgan fingerprint density at radius 1 is 0.885 bits per heavy atom. The molecule has 2 aromatic carbocycles. The maximum atomic E-state index is 14.2. The molecule has 0 radical (unpaired) electrons. The van der Waals surface area contributed by atoms with Crippen molar-refractivity contribution in [1.82, 2.24) is 19.6 Å². The van der Waals surface area contributed by atoms with Gasteiger partial charge < -0.3 is 39.3 Å². The minimum Gasteiger partial charge on any atom is -0.486 e. The molecular weight excluding hydrogens is 666 g/mol. The molecule has 3 fully saturated rings. The quantitative estimate of drug-likeness (QED) is 0.407. The third kappa shape index (κ3) is 8.24. The highest BCUT2D eigenvalue weighted by Gasteiger charge is 2.37. The van der Waals surface area contributed by atoms with Crippen molar-refractivity contribution in [1.29, 1.82) is 0 Å². The summed E-state index contributed by atoms with van der Waals surface area (Å²) < 4.78 is 17.8. The predicted molar refractivity (Wildman–Crippen MR) is 193 cm³/mol. The van der Waals surface area contributed by atoms with Crippen LogP contribution in [0.5, 0.6) is 11.5 Å². The summed E-state index contributed by atoms with van der Waals surface area (Å²) in [6.45, 7) is 7.22. The Hall–Kier alpha value is -4.52. The minimum atomic E-state index is -1.00. The van der Waals surface area contributed by atoms with Gasteiger partial charge in [0.2, 0.25) is 0 Å². The molecule has 13 nitrogen and oxygen atoms in total. The van der Waals surface area contributed by atoms with E-state index >= 15 is 0 Å². The van der Waals surface area contributed by atoms with Crippen molar-refractivity contribution >= 4 is 29.7 Å². The van der Waals surface area contributed by atoms with Gasteiger partial charge in [0, 0.05) is 50.9 Å². The summed E-state index contributed by atoms with van der Waals surface area (Å²) in [6.07, 6.45) is 4.43. The molecule has 0 aliphatic carbocycles. The number of amides is 4. The number of carboxylic acids is 1. The number of carbonyl (C=O) groups is 4. The molecular formula is C39H51N5O8. The highest BCUT2D eigenvalue weighted by atomic mass is 16.6. The first-order valence-electron chi connectivity index (χ1n) is 18.9. The van der Waals surface area contributed by atoms with E-state index in [4.69, 9.17) is 19.3 Å². The molecule has 5 aliphatic heterocycles. The van der Waals surface area contributed by atoms with Crippen LogP contribution in [0.1, 0.15) is 55.2 Å². The fourth-order valence-electron chi connectivity index (χ4n) is 8.78. The molecule has 0 aromatic heterocycles. The van der Waals surface area contributed by atoms with Crippen molar-refractivity contribution in [2.45, 2.75) is 70.4 Å². The highest BCUT2D eigenvalue weighted by Crippen LogP contribution is 2.36. The SMILES string of the molecule is Cc1cc(C[C@@H](OC(=O)N2CCC(N3CCc4ccccc4NC3=O)CC2)C(=O)N2CCC(C3CCN(CC(=O)O)CC3)CC2)cc2c1OCCO2. The van der Waals surface area contributed by atoms with E-state index in [-0.39, 0.29) is 30.9 Å². The van der Waals surface area contributed by atoms with Crippen molar-refractivity contribution in [3.63, 3.8) is 0 Å². The van der Waals surface area contributed by atoms with Gasteiger partial charge in [-0.15, -0.1) is 0 Å². The number of para-hydroxylation sites is 1. The van der Waals surface area contributed by atoms with Crippen molar-refractivity contribution in [3.8, 4) is 11.5 Å². The summed E-state index contributed by atoms with van der Waals surface area (Å²) in [5.41, 5.74) is 3.71. The summed E-state index contributed by atoms with van der Waals surface area (Å²) in [5.74, 6) is 1.37. The van der Waals surface area contributed by atoms with Gasteiger partial charge in [-0.2, -0.15) is 0 Å². The number of benzene rings is 2. The number of fused-ring (bicyclic) bond motifs is 2. The van der Waals surface area contributed by atoms with E-state index in [1.54, 1.807) is 4.90 Å². The molecule has 5 aliphatic rings. The minimum absolute atomic E-state index is 0.00202. The first kappa shape index (κ1) is 35.9. The molecule has 0 unspecified atom stereocenters. The number of nitrogens with one attached hydrogen (secondary N) is 1. The Balaban J connectivity index is 0.981. The molecule has 0 bridgehead atoms. The van der Waals surface area contributed by atoms with E-state index in [1.165, 1.54) is 0 Å². The molecule has 4 amide bonds. The molecule has 2 N–H and O–H groups in total. The average Bonchev–Trinajstić information content (AvgIpc) is 3.32. The summed E-state index contributed by atoms with van der Waals surface area (Å²) >= 11 is 0. The van der Waals surface area contributed by atoms with Gasteiger partial charge in [-0.05, 0) is 106 Å². The fraction of sp³-hybridized carbons (Fsp3) is 0.590. The van der Waals surface area contributed by atoms with Gasteiger partial charge in [0.15, 0.2) is 17.6 Å². The lowest BCUT2D eigenvalue weighted by molar-refractivity contribution is -0.142. The molecule has 7 rings (SSSR count). The number of rotatable bonds is 8. The van der Waals surface area contributed by atoms with Crippen LogP contribution >= 0.6 is 0 Å². The Bertz CT molecular complexity index is 1630. The lowest BCUT2D eigenvalue weighted by Gasteiger charge is -2.41. The monoisotopic (exact) mass is 717 g/mol. The topological polar surface area (TPSA) is 141 Å². The molecule has 2 aromatic rings. The number of nitrogens with zero attached hydrogens (tertiary/aromatic N) is 4. The van der Waals surface area contributed by atoms with Crippen LogP contribution in [0, 0.1) is 18.8 Å². The first-order valence-corrected chi connectivity index (χ1v) is 18.9. The van der Waals surface area contributed by atoms with Crippen LogP contribution in [0.15, 0.2) is 36.4 Å². The second-order valence-electron chi connectivity index (χ2n) is 14.9. The maximum absolute atomic E-state index is 14.2.